The number of rotatable bonds is 10. The molecule has 4 nitrogen and oxygen atoms in total. The summed E-state index contributed by atoms with van der Waals surface area (Å²) in [6, 6.07) is 4.65. The molecule has 1 amide bonds. The van der Waals surface area contributed by atoms with Crippen molar-refractivity contribution in [1.29, 1.82) is 0 Å². The molecule has 188 valence electrons. The average molecular weight is 506 g/mol. The van der Waals surface area contributed by atoms with E-state index in [1.807, 2.05) is 26.8 Å². The lowest BCUT2D eigenvalue weighted by Gasteiger charge is -2.21. The molecule has 0 saturated heterocycles. The van der Waals surface area contributed by atoms with Crippen LogP contribution in [0.4, 0.5) is 0 Å². The van der Waals surface area contributed by atoms with Gasteiger partial charge in [0, 0.05) is 23.3 Å². The molecule has 0 fully saturated rings. The van der Waals surface area contributed by atoms with Crippen LogP contribution in [0, 0.1) is 0 Å². The fourth-order valence-corrected chi connectivity index (χ4v) is 2.53. The van der Waals surface area contributed by atoms with Crippen molar-refractivity contribution < 1.29 is 14.3 Å². The normalized spacial score (nSPS) is 10.2. The molecule has 0 aliphatic carbocycles. The minimum Gasteiger partial charge on any atom is -0.483 e. The number of benzene rings is 1. The fraction of sp³-hybridized carbons (Fsp3) is 0.286. The molecule has 34 heavy (non-hydrogen) atoms. The van der Waals surface area contributed by atoms with Gasteiger partial charge in [-0.2, -0.15) is 12.6 Å². The van der Waals surface area contributed by atoms with Gasteiger partial charge in [-0.1, -0.05) is 83.0 Å². The highest BCUT2D eigenvalue weighted by Gasteiger charge is 2.18. The van der Waals surface area contributed by atoms with Gasteiger partial charge in [-0.25, -0.2) is 0 Å². The van der Waals surface area contributed by atoms with Crippen molar-refractivity contribution in [3.8, 4) is 5.75 Å². The molecule has 0 aliphatic heterocycles. The number of Topliss-reactive ketones (excluding diaryl/α,β-unsaturated/α-hetero) is 1. The zero-order chi connectivity index (χ0) is 26.0. The van der Waals surface area contributed by atoms with Crippen LogP contribution in [0.15, 0.2) is 91.2 Å². The number of likely N-dealkylation sites (N-methyl/N-ethyl adjacent to an activating group) is 1. The van der Waals surface area contributed by atoms with Crippen molar-refractivity contribution >= 4 is 35.9 Å². The van der Waals surface area contributed by atoms with Gasteiger partial charge in [0.05, 0.1) is 5.56 Å². The van der Waals surface area contributed by atoms with Crippen LogP contribution in [-0.2, 0) is 4.79 Å². The summed E-state index contributed by atoms with van der Waals surface area (Å²) in [6.45, 7) is 18.7. The predicted octanol–water partition coefficient (Wildman–Crippen LogP) is 7.90. The van der Waals surface area contributed by atoms with Crippen molar-refractivity contribution in [1.82, 2.24) is 4.90 Å². The topological polar surface area (TPSA) is 46.6 Å². The molecule has 0 spiro atoms. The Morgan fingerprint density at radius 1 is 1.18 bits per heavy atom. The van der Waals surface area contributed by atoms with Crippen LogP contribution in [0.1, 0.15) is 45.5 Å². The fourth-order valence-electron chi connectivity index (χ4n) is 2.36. The monoisotopic (exact) mass is 505 g/mol. The van der Waals surface area contributed by atoms with E-state index in [1.54, 1.807) is 62.7 Å². The number of halogens is 1. The summed E-state index contributed by atoms with van der Waals surface area (Å²) in [4.78, 5) is 26.7. The summed E-state index contributed by atoms with van der Waals surface area (Å²) in [5.41, 5.74) is 1.86. The molecule has 0 heterocycles. The molecule has 0 aromatic heterocycles. The molecule has 0 bridgehead atoms. The largest absolute Gasteiger partial charge is 0.483 e. The smallest absolute Gasteiger partial charge is 0.264 e. The zero-order valence-electron chi connectivity index (χ0n) is 20.5. The summed E-state index contributed by atoms with van der Waals surface area (Å²) in [6.07, 6.45) is 11.9. The molecule has 0 N–H and O–H groups in total. The summed E-state index contributed by atoms with van der Waals surface area (Å²) in [5.74, 6) is -0.384. The molecule has 0 atom stereocenters. The number of hydrogen-bond acceptors (Lipinski definition) is 4. The number of ketones is 1. The van der Waals surface area contributed by atoms with E-state index in [0.717, 1.165) is 0 Å². The van der Waals surface area contributed by atoms with Crippen LogP contribution in [0.2, 0.25) is 5.02 Å². The van der Waals surface area contributed by atoms with Gasteiger partial charge < -0.3 is 9.64 Å². The van der Waals surface area contributed by atoms with E-state index in [4.69, 9.17) is 16.3 Å². The van der Waals surface area contributed by atoms with Crippen LogP contribution in [-0.4, -0.2) is 36.5 Å². The van der Waals surface area contributed by atoms with E-state index in [0.29, 0.717) is 16.3 Å². The quantitative estimate of drug-likeness (QED) is 0.152. The summed E-state index contributed by atoms with van der Waals surface area (Å²) in [7, 11) is 1.62. The van der Waals surface area contributed by atoms with Gasteiger partial charge in [0.25, 0.3) is 5.91 Å². The van der Waals surface area contributed by atoms with Crippen molar-refractivity contribution in [3.05, 3.63) is 102 Å². The second kappa shape index (κ2) is 20.8. The maximum absolute atomic E-state index is 12.7. The van der Waals surface area contributed by atoms with Crippen LogP contribution >= 0.6 is 24.2 Å². The highest BCUT2D eigenvalue weighted by Crippen LogP contribution is 2.26. The summed E-state index contributed by atoms with van der Waals surface area (Å²) in [5, 5.41) is 0.382. The first-order valence-corrected chi connectivity index (χ1v) is 11.6. The summed E-state index contributed by atoms with van der Waals surface area (Å²) < 4.78 is 5.65. The number of thiol groups is 1. The standard InChI is InChI=1S/C24H26ClNO3.C2H6.CH4S.CH4/c1-7-9-10-12-18(5)24(28)20-15-19(25)13-14-22(20)29-16-23(27)26(6)21(11-8-2)17(3)4;2*1-2;/h7-15H,2-3,5,16H2,1,4,6H3;1-2H3;2H,1H3;1H4/b9-7-,12-10-,21-11+;;;. The number of allylic oxidation sites excluding steroid dienone is 8. The van der Waals surface area contributed by atoms with E-state index in [1.165, 1.54) is 11.0 Å². The van der Waals surface area contributed by atoms with E-state index >= 15 is 0 Å². The first kappa shape index (κ1) is 35.8. The third-order valence-corrected chi connectivity index (χ3v) is 4.11. The van der Waals surface area contributed by atoms with Crippen molar-refractivity contribution in [3.63, 3.8) is 0 Å². The predicted molar refractivity (Wildman–Crippen MR) is 153 cm³/mol. The highest BCUT2D eigenvalue weighted by atomic mass is 35.5. The zero-order valence-corrected chi connectivity index (χ0v) is 22.2. The van der Waals surface area contributed by atoms with Gasteiger partial charge in [-0.05, 0) is 50.0 Å². The Labute approximate surface area is 217 Å². The number of ether oxygens (including phenoxy) is 1. The third-order valence-electron chi connectivity index (χ3n) is 3.88. The second-order valence-corrected chi connectivity index (χ2v) is 6.63. The van der Waals surface area contributed by atoms with Crippen LogP contribution in [0.25, 0.3) is 0 Å². The molecular weight excluding hydrogens is 466 g/mol. The maximum Gasteiger partial charge on any atom is 0.264 e. The molecule has 1 rings (SSSR count). The van der Waals surface area contributed by atoms with E-state index in [2.05, 4.69) is 32.4 Å². The molecular formula is C28H40ClNO3S. The molecule has 0 saturated carbocycles. The van der Waals surface area contributed by atoms with Gasteiger partial charge in [-0.3, -0.25) is 9.59 Å². The van der Waals surface area contributed by atoms with E-state index < -0.39 is 0 Å². The lowest BCUT2D eigenvalue weighted by atomic mass is 10.0. The van der Waals surface area contributed by atoms with Gasteiger partial charge in [0.15, 0.2) is 12.4 Å². The highest BCUT2D eigenvalue weighted by molar-refractivity contribution is 7.79. The van der Waals surface area contributed by atoms with Crippen molar-refractivity contribution in [2.45, 2.75) is 35.1 Å². The Hall–Kier alpha value is -2.76. The van der Waals surface area contributed by atoms with E-state index in [-0.39, 0.29) is 42.6 Å². The van der Waals surface area contributed by atoms with Gasteiger partial charge in [0.2, 0.25) is 0 Å². The molecule has 1 aromatic carbocycles. The van der Waals surface area contributed by atoms with Crippen LogP contribution in [0.5, 0.6) is 5.75 Å². The summed E-state index contributed by atoms with van der Waals surface area (Å²) >= 11 is 9.58. The molecule has 0 aliphatic rings. The first-order valence-electron chi connectivity index (χ1n) is 10.4. The lowest BCUT2D eigenvalue weighted by Crippen LogP contribution is -2.31. The number of carbonyl (C=O) groups excluding carboxylic acids is 2. The Morgan fingerprint density at radius 2 is 1.76 bits per heavy atom. The molecule has 1 aromatic rings. The minimum atomic E-state index is -0.335. The van der Waals surface area contributed by atoms with E-state index in [9.17, 15) is 9.59 Å². The number of carbonyl (C=O) groups is 2. The van der Waals surface area contributed by atoms with Gasteiger partial charge >= 0.3 is 0 Å². The lowest BCUT2D eigenvalue weighted by molar-refractivity contribution is -0.130. The first-order chi connectivity index (χ1) is 15.7. The Balaban J connectivity index is -0.00000182. The SMILES string of the molecule is C.C=C/C=C(\C(=C)C)N(C)C(=O)COc1ccc(Cl)cc1C(=O)C(=C)/C=C\C=C/C.CC.CS. The van der Waals surface area contributed by atoms with Crippen LogP contribution in [0.3, 0.4) is 0 Å². The average Bonchev–Trinajstić information content (AvgIpc) is 2.82. The number of hydrogen-bond donors (Lipinski definition) is 1. The Bertz CT molecular complexity index is 914. The molecule has 6 heteroatoms. The second-order valence-electron chi connectivity index (χ2n) is 6.19. The van der Waals surface area contributed by atoms with Gasteiger partial charge in [-0.15, -0.1) is 0 Å². The number of amides is 1. The van der Waals surface area contributed by atoms with Crippen LogP contribution < -0.4 is 4.74 Å². The van der Waals surface area contributed by atoms with Crippen molar-refractivity contribution in [2.75, 3.05) is 19.9 Å². The maximum atomic E-state index is 12.7. The Kier molecular flexibility index (Phi) is 21.9. The van der Waals surface area contributed by atoms with Gasteiger partial charge in [0.1, 0.15) is 5.75 Å². The molecule has 0 unspecified atom stereocenters. The minimum absolute atomic E-state index is 0. The molecule has 0 radical (unpaired) electrons. The number of nitrogens with zero attached hydrogens (tertiary/aromatic N) is 1. The van der Waals surface area contributed by atoms with Crippen molar-refractivity contribution in [2.24, 2.45) is 0 Å². The Morgan fingerprint density at radius 3 is 2.26 bits per heavy atom. The third kappa shape index (κ3) is 12.5.